The third-order valence-electron chi connectivity index (χ3n) is 1.67. The number of hydrogen-bond acceptors (Lipinski definition) is 2. The van der Waals surface area contributed by atoms with E-state index < -0.39 is 11.6 Å². The summed E-state index contributed by atoms with van der Waals surface area (Å²) in [5.41, 5.74) is -0.0940. The van der Waals surface area contributed by atoms with Gasteiger partial charge < -0.3 is 4.42 Å². The summed E-state index contributed by atoms with van der Waals surface area (Å²) in [6, 6.07) is 3.10. The summed E-state index contributed by atoms with van der Waals surface area (Å²) in [6.45, 7) is 0. The maximum atomic E-state index is 12.9. The number of rotatable bonds is 1. The zero-order chi connectivity index (χ0) is 9.42. The van der Waals surface area contributed by atoms with Gasteiger partial charge in [0, 0.05) is 11.5 Å². The predicted octanol–water partition coefficient (Wildman–Crippen LogP) is 2.52. The lowest BCUT2D eigenvalue weighted by molar-refractivity contribution is 0.110. The van der Waals surface area contributed by atoms with Crippen LogP contribution in [0.4, 0.5) is 8.78 Å². The van der Waals surface area contributed by atoms with Crippen LogP contribution in [0.15, 0.2) is 22.6 Å². The number of fused-ring (bicyclic) bond motifs is 1. The number of carbonyl (C=O) groups excluding carboxylic acids is 1. The number of aldehydes is 1. The quantitative estimate of drug-likeness (QED) is 0.634. The minimum Gasteiger partial charge on any atom is -0.450 e. The Morgan fingerprint density at radius 1 is 1.23 bits per heavy atom. The molecule has 1 aromatic carbocycles. The van der Waals surface area contributed by atoms with Gasteiger partial charge in [-0.25, -0.2) is 8.78 Å². The smallest absolute Gasteiger partial charge is 0.185 e. The van der Waals surface area contributed by atoms with Gasteiger partial charge >= 0.3 is 0 Å². The van der Waals surface area contributed by atoms with Crippen LogP contribution in [0, 0.1) is 11.6 Å². The van der Waals surface area contributed by atoms with E-state index in [2.05, 4.69) is 0 Å². The number of carbonyl (C=O) groups is 1. The van der Waals surface area contributed by atoms with Gasteiger partial charge in [0.15, 0.2) is 23.4 Å². The van der Waals surface area contributed by atoms with Crippen molar-refractivity contribution < 1.29 is 18.0 Å². The Labute approximate surface area is 71.8 Å². The topological polar surface area (TPSA) is 30.2 Å². The van der Waals surface area contributed by atoms with Gasteiger partial charge in [-0.15, -0.1) is 0 Å². The maximum absolute atomic E-state index is 12.9. The molecule has 0 radical (unpaired) electrons. The van der Waals surface area contributed by atoms with Gasteiger partial charge in [-0.3, -0.25) is 4.79 Å². The molecule has 1 heterocycles. The number of hydrogen-bond donors (Lipinski definition) is 0. The molecule has 2 nitrogen and oxygen atoms in total. The van der Waals surface area contributed by atoms with Crippen molar-refractivity contribution in [1.29, 1.82) is 0 Å². The van der Waals surface area contributed by atoms with Crippen molar-refractivity contribution in [1.82, 2.24) is 0 Å². The highest BCUT2D eigenvalue weighted by atomic mass is 19.1. The minimum atomic E-state index is -0.803. The van der Waals surface area contributed by atoms with Crippen LogP contribution in [-0.2, 0) is 0 Å². The Hall–Kier alpha value is -1.71. The zero-order valence-corrected chi connectivity index (χ0v) is 6.38. The van der Waals surface area contributed by atoms with Crippen LogP contribution in [0.25, 0.3) is 11.0 Å². The third kappa shape index (κ3) is 1.20. The molecule has 0 unspecified atom stereocenters. The molecule has 13 heavy (non-hydrogen) atoms. The van der Waals surface area contributed by atoms with Crippen molar-refractivity contribution in [3.8, 4) is 0 Å². The summed E-state index contributed by atoms with van der Waals surface area (Å²) in [5.74, 6) is -1.51. The molecule has 4 heteroatoms. The number of benzene rings is 1. The highest BCUT2D eigenvalue weighted by Gasteiger charge is 2.09. The molecule has 0 bridgehead atoms. The van der Waals surface area contributed by atoms with Crippen molar-refractivity contribution in [3.05, 3.63) is 35.6 Å². The van der Waals surface area contributed by atoms with Crippen molar-refractivity contribution in [3.63, 3.8) is 0 Å². The number of furan rings is 1. The van der Waals surface area contributed by atoms with Gasteiger partial charge in [-0.2, -0.15) is 0 Å². The van der Waals surface area contributed by atoms with E-state index >= 15 is 0 Å². The Kier molecular flexibility index (Phi) is 1.62. The fourth-order valence-electron chi connectivity index (χ4n) is 1.15. The molecule has 0 N–H and O–H groups in total. The molecule has 0 aliphatic rings. The first-order valence-corrected chi connectivity index (χ1v) is 3.54. The van der Waals surface area contributed by atoms with E-state index in [0.29, 0.717) is 12.4 Å². The highest BCUT2D eigenvalue weighted by Crippen LogP contribution is 2.22. The highest BCUT2D eigenvalue weighted by molar-refractivity contribution is 5.85. The summed E-state index contributed by atoms with van der Waals surface area (Å²) in [5, 5.41) is 0.250. The molecule has 0 fully saturated rings. The Balaban J connectivity index is 2.82. The fourth-order valence-corrected chi connectivity index (χ4v) is 1.15. The van der Waals surface area contributed by atoms with Crippen molar-refractivity contribution >= 4 is 17.3 Å². The lowest BCUT2D eigenvalue weighted by Gasteiger charge is -1.90. The standard InChI is InChI=1S/C9H4F2O2/c10-6-1-5-2-7(4-12)13-9(5)8(11)3-6/h1-4H. The van der Waals surface area contributed by atoms with Gasteiger partial charge in [-0.1, -0.05) is 0 Å². The van der Waals surface area contributed by atoms with Crippen molar-refractivity contribution in [2.45, 2.75) is 0 Å². The van der Waals surface area contributed by atoms with Crippen molar-refractivity contribution in [2.75, 3.05) is 0 Å². The lowest BCUT2D eigenvalue weighted by Crippen LogP contribution is -1.78. The van der Waals surface area contributed by atoms with Gasteiger partial charge in [0.1, 0.15) is 5.82 Å². The molecule has 2 rings (SSSR count). The van der Waals surface area contributed by atoms with Crippen LogP contribution in [0.1, 0.15) is 10.6 Å². The summed E-state index contributed by atoms with van der Waals surface area (Å²) in [7, 11) is 0. The first-order valence-electron chi connectivity index (χ1n) is 3.54. The molecule has 1 aromatic heterocycles. The summed E-state index contributed by atoms with van der Waals surface area (Å²) >= 11 is 0. The van der Waals surface area contributed by atoms with Crippen LogP contribution >= 0.6 is 0 Å². The summed E-state index contributed by atoms with van der Waals surface area (Å²) in [6.07, 6.45) is 0.442. The van der Waals surface area contributed by atoms with E-state index in [0.717, 1.165) is 6.07 Å². The SMILES string of the molecule is O=Cc1cc2cc(F)cc(F)c2o1. The molecule has 0 saturated heterocycles. The summed E-state index contributed by atoms with van der Waals surface area (Å²) in [4.78, 5) is 10.3. The second kappa shape index (κ2) is 2.65. The first-order chi connectivity index (χ1) is 6.20. The predicted molar refractivity (Wildman–Crippen MR) is 41.5 cm³/mol. The van der Waals surface area contributed by atoms with E-state index in [1.165, 1.54) is 6.07 Å². The number of halogens is 2. The monoisotopic (exact) mass is 182 g/mol. The molecular formula is C9H4F2O2. The molecule has 0 atom stereocenters. The van der Waals surface area contributed by atoms with E-state index in [9.17, 15) is 13.6 Å². The van der Waals surface area contributed by atoms with E-state index in [1.54, 1.807) is 0 Å². The fraction of sp³-hybridized carbons (Fsp3) is 0. The van der Waals surface area contributed by atoms with Crippen LogP contribution in [0.2, 0.25) is 0 Å². The average molecular weight is 182 g/mol. The van der Waals surface area contributed by atoms with E-state index in [1.807, 2.05) is 0 Å². The largest absolute Gasteiger partial charge is 0.450 e. The van der Waals surface area contributed by atoms with Crippen LogP contribution < -0.4 is 0 Å². The molecule has 0 aliphatic carbocycles. The molecule has 66 valence electrons. The zero-order valence-electron chi connectivity index (χ0n) is 6.38. The van der Waals surface area contributed by atoms with Gasteiger partial charge in [0.25, 0.3) is 0 Å². The molecule has 0 saturated carbocycles. The van der Waals surface area contributed by atoms with Gasteiger partial charge in [0.2, 0.25) is 0 Å². The lowest BCUT2D eigenvalue weighted by atomic mass is 10.2. The third-order valence-corrected chi connectivity index (χ3v) is 1.67. The molecule has 0 spiro atoms. The van der Waals surface area contributed by atoms with E-state index in [4.69, 9.17) is 4.42 Å². The van der Waals surface area contributed by atoms with Gasteiger partial charge in [-0.05, 0) is 12.1 Å². The second-order valence-corrected chi connectivity index (χ2v) is 2.57. The molecular weight excluding hydrogens is 178 g/mol. The van der Waals surface area contributed by atoms with Gasteiger partial charge in [0.05, 0.1) is 0 Å². The van der Waals surface area contributed by atoms with E-state index in [-0.39, 0.29) is 16.7 Å². The minimum absolute atomic E-state index is 0.0144. The Morgan fingerprint density at radius 3 is 2.69 bits per heavy atom. The first kappa shape index (κ1) is 7.91. The van der Waals surface area contributed by atoms with Crippen molar-refractivity contribution in [2.24, 2.45) is 0 Å². The van der Waals surface area contributed by atoms with Crippen LogP contribution in [-0.4, -0.2) is 6.29 Å². The maximum Gasteiger partial charge on any atom is 0.185 e. The second-order valence-electron chi connectivity index (χ2n) is 2.57. The normalized spacial score (nSPS) is 10.6. The molecule has 2 aromatic rings. The summed E-state index contributed by atoms with van der Waals surface area (Å²) < 4.78 is 30.4. The Bertz CT molecular complexity index is 474. The van der Waals surface area contributed by atoms with Crippen LogP contribution in [0.5, 0.6) is 0 Å². The molecule has 0 aliphatic heterocycles. The average Bonchev–Trinajstić information content (AvgIpc) is 2.47. The Morgan fingerprint density at radius 2 is 2.00 bits per heavy atom. The molecule has 0 amide bonds. The van der Waals surface area contributed by atoms with Crippen LogP contribution in [0.3, 0.4) is 0 Å².